The lowest BCUT2D eigenvalue weighted by Gasteiger charge is -2.12. The number of esters is 1. The molecule has 2 rings (SSSR count). The molecule has 7 nitrogen and oxygen atoms in total. The molecule has 2 aromatic rings. The van der Waals surface area contributed by atoms with Crippen LogP contribution in [0.1, 0.15) is 29.3 Å². The van der Waals surface area contributed by atoms with Crippen molar-refractivity contribution in [2.75, 3.05) is 20.2 Å². The molecular formula is C18H26IN5O2. The number of aliphatic imine (C=N–C) groups is 1. The Labute approximate surface area is 171 Å². The van der Waals surface area contributed by atoms with Gasteiger partial charge in [-0.25, -0.2) is 4.79 Å². The Morgan fingerprint density at radius 1 is 1.27 bits per heavy atom. The van der Waals surface area contributed by atoms with Crippen LogP contribution < -0.4 is 10.6 Å². The number of carbonyl (C=O) groups excluding carboxylic acids is 1. The Bertz CT molecular complexity index is 671. The van der Waals surface area contributed by atoms with Crippen LogP contribution >= 0.6 is 24.0 Å². The van der Waals surface area contributed by atoms with Crippen molar-refractivity contribution in [3.8, 4) is 0 Å². The topological polar surface area (TPSA) is 80.5 Å². The normalized spacial score (nSPS) is 10.8. The molecule has 26 heavy (non-hydrogen) atoms. The van der Waals surface area contributed by atoms with E-state index in [2.05, 4.69) is 20.7 Å². The molecule has 0 atom stereocenters. The summed E-state index contributed by atoms with van der Waals surface area (Å²) in [6, 6.07) is 9.28. The van der Waals surface area contributed by atoms with E-state index in [1.165, 1.54) is 0 Å². The first-order valence-electron chi connectivity index (χ1n) is 8.41. The number of benzene rings is 1. The number of hydrogen-bond donors (Lipinski definition) is 2. The smallest absolute Gasteiger partial charge is 0.338 e. The first kappa shape index (κ1) is 21.9. The number of aryl methyl sites for hydroxylation is 1. The highest BCUT2D eigenvalue weighted by Gasteiger charge is 2.05. The minimum absolute atomic E-state index is 0. The zero-order valence-electron chi connectivity index (χ0n) is 15.1. The molecule has 0 fully saturated rings. The average Bonchev–Trinajstić information content (AvgIpc) is 3.15. The molecule has 0 unspecified atom stereocenters. The number of nitrogens with zero attached hydrogens (tertiary/aromatic N) is 3. The van der Waals surface area contributed by atoms with Gasteiger partial charge in [0.25, 0.3) is 0 Å². The molecule has 1 heterocycles. The van der Waals surface area contributed by atoms with Crippen LogP contribution in [0, 0.1) is 0 Å². The fraction of sp³-hybridized carbons (Fsp3) is 0.389. The maximum absolute atomic E-state index is 11.6. The highest BCUT2D eigenvalue weighted by molar-refractivity contribution is 14.0. The van der Waals surface area contributed by atoms with E-state index in [9.17, 15) is 4.79 Å². The summed E-state index contributed by atoms with van der Waals surface area (Å²) in [5.41, 5.74) is 1.62. The van der Waals surface area contributed by atoms with Gasteiger partial charge in [-0.1, -0.05) is 12.1 Å². The first-order chi connectivity index (χ1) is 12.2. The minimum atomic E-state index is -0.295. The zero-order valence-corrected chi connectivity index (χ0v) is 17.5. The van der Waals surface area contributed by atoms with Crippen LogP contribution in [0.25, 0.3) is 0 Å². The van der Waals surface area contributed by atoms with E-state index in [0.717, 1.165) is 31.0 Å². The standard InChI is InChI=1S/C18H25N5O2.HI/c1-3-25-17(24)16-8-6-15(7-9-16)14-21-18(19-2)20-10-4-12-23-13-5-11-22-23;/h5-9,11,13H,3-4,10,12,14H2,1-2H3,(H2,19,20,21);1H. The molecule has 0 bridgehead atoms. The molecule has 0 radical (unpaired) electrons. The third-order valence-corrected chi connectivity index (χ3v) is 3.56. The van der Waals surface area contributed by atoms with Gasteiger partial charge in [0.15, 0.2) is 5.96 Å². The quantitative estimate of drug-likeness (QED) is 0.203. The van der Waals surface area contributed by atoms with Crippen molar-refractivity contribution < 1.29 is 9.53 Å². The number of carbonyl (C=O) groups is 1. The van der Waals surface area contributed by atoms with Gasteiger partial charge in [0, 0.05) is 39.1 Å². The van der Waals surface area contributed by atoms with Crippen molar-refractivity contribution in [2.45, 2.75) is 26.4 Å². The second-order valence-electron chi connectivity index (χ2n) is 5.39. The van der Waals surface area contributed by atoms with Crippen molar-refractivity contribution in [3.05, 3.63) is 53.9 Å². The summed E-state index contributed by atoms with van der Waals surface area (Å²) in [6.07, 6.45) is 4.69. The molecule has 8 heteroatoms. The van der Waals surface area contributed by atoms with E-state index in [1.54, 1.807) is 32.3 Å². The molecule has 0 amide bonds. The number of halogens is 1. The highest BCUT2D eigenvalue weighted by Crippen LogP contribution is 2.06. The number of rotatable bonds is 8. The van der Waals surface area contributed by atoms with Crippen LogP contribution in [0.4, 0.5) is 0 Å². The van der Waals surface area contributed by atoms with Crippen molar-refractivity contribution >= 4 is 35.9 Å². The molecule has 0 saturated heterocycles. The SMILES string of the molecule is CCOC(=O)c1ccc(CNC(=NC)NCCCn2cccn2)cc1.I. The van der Waals surface area contributed by atoms with E-state index < -0.39 is 0 Å². The minimum Gasteiger partial charge on any atom is -0.462 e. The predicted molar refractivity (Wildman–Crippen MR) is 113 cm³/mol. The summed E-state index contributed by atoms with van der Waals surface area (Å²) in [6.45, 7) is 4.48. The van der Waals surface area contributed by atoms with E-state index in [1.807, 2.05) is 29.1 Å². The van der Waals surface area contributed by atoms with E-state index in [0.29, 0.717) is 18.7 Å². The fourth-order valence-electron chi connectivity index (χ4n) is 2.26. The number of nitrogens with one attached hydrogen (secondary N) is 2. The zero-order chi connectivity index (χ0) is 17.9. The largest absolute Gasteiger partial charge is 0.462 e. The molecule has 1 aromatic heterocycles. The second kappa shape index (κ2) is 12.3. The molecule has 2 N–H and O–H groups in total. The Balaban J connectivity index is 0.00000338. The monoisotopic (exact) mass is 471 g/mol. The van der Waals surface area contributed by atoms with Gasteiger partial charge >= 0.3 is 5.97 Å². The summed E-state index contributed by atoms with van der Waals surface area (Å²) in [5, 5.41) is 10.7. The van der Waals surface area contributed by atoms with Crippen molar-refractivity contribution in [1.82, 2.24) is 20.4 Å². The van der Waals surface area contributed by atoms with E-state index in [4.69, 9.17) is 4.74 Å². The molecule has 0 saturated carbocycles. The van der Waals surface area contributed by atoms with Gasteiger partial charge in [-0.2, -0.15) is 5.10 Å². The third kappa shape index (κ3) is 7.42. The van der Waals surface area contributed by atoms with Gasteiger partial charge < -0.3 is 15.4 Å². The summed E-state index contributed by atoms with van der Waals surface area (Å²) in [5.74, 6) is 0.451. The molecule has 0 spiro atoms. The third-order valence-electron chi connectivity index (χ3n) is 3.56. The van der Waals surface area contributed by atoms with Gasteiger partial charge in [0.05, 0.1) is 12.2 Å². The number of aromatic nitrogens is 2. The Hall–Kier alpha value is -2.10. The number of ether oxygens (including phenoxy) is 1. The van der Waals surface area contributed by atoms with Gasteiger partial charge in [-0.05, 0) is 37.1 Å². The summed E-state index contributed by atoms with van der Waals surface area (Å²) >= 11 is 0. The van der Waals surface area contributed by atoms with Crippen molar-refractivity contribution in [2.24, 2.45) is 4.99 Å². The molecule has 0 aliphatic heterocycles. The lowest BCUT2D eigenvalue weighted by molar-refractivity contribution is 0.0526. The first-order valence-corrected chi connectivity index (χ1v) is 8.41. The van der Waals surface area contributed by atoms with Crippen LogP contribution in [0.3, 0.4) is 0 Å². The maximum Gasteiger partial charge on any atom is 0.338 e. The fourth-order valence-corrected chi connectivity index (χ4v) is 2.26. The van der Waals surface area contributed by atoms with Crippen LogP contribution in [0.2, 0.25) is 0 Å². The van der Waals surface area contributed by atoms with Gasteiger partial charge in [-0.3, -0.25) is 9.67 Å². The van der Waals surface area contributed by atoms with Gasteiger partial charge in [0.2, 0.25) is 0 Å². The molecule has 0 aliphatic carbocycles. The Morgan fingerprint density at radius 2 is 2.04 bits per heavy atom. The molecule has 142 valence electrons. The molecule has 0 aliphatic rings. The Morgan fingerprint density at radius 3 is 2.65 bits per heavy atom. The van der Waals surface area contributed by atoms with Crippen LogP contribution in [0.15, 0.2) is 47.7 Å². The molecule has 1 aromatic carbocycles. The van der Waals surface area contributed by atoms with Crippen molar-refractivity contribution in [3.63, 3.8) is 0 Å². The predicted octanol–water partition coefficient (Wildman–Crippen LogP) is 2.43. The van der Waals surface area contributed by atoms with Gasteiger partial charge in [-0.15, -0.1) is 24.0 Å². The lowest BCUT2D eigenvalue weighted by atomic mass is 10.1. The van der Waals surface area contributed by atoms with Crippen LogP contribution in [-0.2, 0) is 17.8 Å². The summed E-state index contributed by atoms with van der Waals surface area (Å²) in [4.78, 5) is 15.8. The van der Waals surface area contributed by atoms with E-state index in [-0.39, 0.29) is 29.9 Å². The van der Waals surface area contributed by atoms with Crippen molar-refractivity contribution in [1.29, 1.82) is 0 Å². The van der Waals surface area contributed by atoms with Crippen LogP contribution in [-0.4, -0.2) is 41.9 Å². The lowest BCUT2D eigenvalue weighted by Crippen LogP contribution is -2.37. The van der Waals surface area contributed by atoms with E-state index >= 15 is 0 Å². The summed E-state index contributed by atoms with van der Waals surface area (Å²) in [7, 11) is 1.74. The average molecular weight is 471 g/mol. The van der Waals surface area contributed by atoms with Gasteiger partial charge in [0.1, 0.15) is 0 Å². The summed E-state index contributed by atoms with van der Waals surface area (Å²) < 4.78 is 6.88. The highest BCUT2D eigenvalue weighted by atomic mass is 127. The second-order valence-corrected chi connectivity index (χ2v) is 5.39. The van der Waals surface area contributed by atoms with Crippen LogP contribution in [0.5, 0.6) is 0 Å². The number of guanidine groups is 1. The Kier molecular flexibility index (Phi) is 10.4. The number of hydrogen-bond acceptors (Lipinski definition) is 4. The maximum atomic E-state index is 11.6. The molecular weight excluding hydrogens is 445 g/mol.